The van der Waals surface area contributed by atoms with E-state index >= 15 is 0 Å². The van der Waals surface area contributed by atoms with Crippen molar-refractivity contribution in [2.45, 2.75) is 18.8 Å². The molecule has 0 heterocycles. The fourth-order valence-electron chi connectivity index (χ4n) is 4.41. The Balaban J connectivity index is 1.76. The molecule has 0 unspecified atom stereocenters. The highest BCUT2D eigenvalue weighted by atomic mass is 16.4. The highest BCUT2D eigenvalue weighted by Gasteiger charge is 2.46. The number of nitrogens with one attached hydrogen (secondary N) is 1. The van der Waals surface area contributed by atoms with E-state index < -0.39 is 17.8 Å². The van der Waals surface area contributed by atoms with Crippen LogP contribution in [0.3, 0.4) is 0 Å². The van der Waals surface area contributed by atoms with E-state index in [-0.39, 0.29) is 17.7 Å². The van der Waals surface area contributed by atoms with Crippen molar-refractivity contribution in [3.05, 3.63) is 114 Å². The van der Waals surface area contributed by atoms with Gasteiger partial charge < -0.3 is 10.4 Å². The molecule has 156 valence electrons. The minimum absolute atomic E-state index is 0.282. The zero-order valence-corrected chi connectivity index (χ0v) is 17.3. The number of carbonyl (C=O) groups is 2. The molecule has 4 nitrogen and oxygen atoms in total. The molecule has 4 heteroatoms. The molecule has 0 saturated carbocycles. The van der Waals surface area contributed by atoms with Crippen LogP contribution in [0.15, 0.2) is 97.1 Å². The molecular formula is C27H25NO3. The maximum Gasteiger partial charge on any atom is 0.308 e. The minimum Gasteiger partial charge on any atom is -0.481 e. The Bertz CT molecular complexity index is 1070. The Labute approximate surface area is 182 Å². The number of allylic oxidation sites excluding steroid dienone is 2. The molecule has 0 saturated heterocycles. The average Bonchev–Trinajstić information content (AvgIpc) is 2.80. The molecule has 4 atom stereocenters. The maximum absolute atomic E-state index is 13.5. The number of aliphatic carboxylic acids is 1. The number of aryl methyl sites for hydroxylation is 1. The molecule has 0 aliphatic heterocycles. The average molecular weight is 412 g/mol. The molecule has 0 radical (unpaired) electrons. The summed E-state index contributed by atoms with van der Waals surface area (Å²) in [6, 6.07) is 26.7. The van der Waals surface area contributed by atoms with E-state index in [1.54, 1.807) is 0 Å². The fraction of sp³-hybridized carbons (Fsp3) is 0.185. The monoisotopic (exact) mass is 411 g/mol. The molecule has 0 fully saturated rings. The molecule has 3 aromatic rings. The number of rotatable bonds is 5. The van der Waals surface area contributed by atoms with Gasteiger partial charge in [0.05, 0.1) is 11.8 Å². The van der Waals surface area contributed by atoms with Gasteiger partial charge in [0.2, 0.25) is 5.91 Å². The Kier molecular flexibility index (Phi) is 5.99. The lowest BCUT2D eigenvalue weighted by molar-refractivity contribution is -0.147. The predicted octanol–water partition coefficient (Wildman–Crippen LogP) is 5.39. The van der Waals surface area contributed by atoms with Crippen molar-refractivity contribution in [1.82, 2.24) is 0 Å². The quantitative estimate of drug-likeness (QED) is 0.553. The van der Waals surface area contributed by atoms with Crippen LogP contribution in [0.5, 0.6) is 0 Å². The predicted molar refractivity (Wildman–Crippen MR) is 122 cm³/mol. The molecule has 1 aliphatic rings. The van der Waals surface area contributed by atoms with Crippen LogP contribution in [0.2, 0.25) is 0 Å². The smallest absolute Gasteiger partial charge is 0.308 e. The first kappa shape index (κ1) is 20.6. The van der Waals surface area contributed by atoms with Crippen LogP contribution >= 0.6 is 0 Å². The van der Waals surface area contributed by atoms with Gasteiger partial charge in [-0.3, -0.25) is 9.59 Å². The van der Waals surface area contributed by atoms with E-state index in [0.717, 1.165) is 16.7 Å². The number of anilines is 1. The lowest BCUT2D eigenvalue weighted by atomic mass is 9.66. The van der Waals surface area contributed by atoms with Crippen LogP contribution in [-0.4, -0.2) is 17.0 Å². The second-order valence-corrected chi connectivity index (χ2v) is 8.00. The first-order valence-corrected chi connectivity index (χ1v) is 10.4. The Hall–Kier alpha value is -3.66. The highest BCUT2D eigenvalue weighted by Crippen LogP contribution is 2.45. The number of amides is 1. The largest absolute Gasteiger partial charge is 0.481 e. The summed E-state index contributed by atoms with van der Waals surface area (Å²) in [6.45, 7) is 1.98. The molecule has 2 N–H and O–H groups in total. The number of hydrogen-bond acceptors (Lipinski definition) is 2. The number of carboxylic acids is 1. The second-order valence-electron chi connectivity index (χ2n) is 8.00. The van der Waals surface area contributed by atoms with E-state index in [4.69, 9.17) is 0 Å². The van der Waals surface area contributed by atoms with Crippen LogP contribution in [-0.2, 0) is 9.59 Å². The second kappa shape index (κ2) is 9.00. The number of hydrogen-bond donors (Lipinski definition) is 2. The minimum atomic E-state index is -0.969. The van der Waals surface area contributed by atoms with Crippen molar-refractivity contribution >= 4 is 17.6 Å². The highest BCUT2D eigenvalue weighted by molar-refractivity contribution is 5.96. The van der Waals surface area contributed by atoms with Crippen molar-refractivity contribution in [2.24, 2.45) is 11.8 Å². The molecule has 31 heavy (non-hydrogen) atoms. The normalized spacial score (nSPS) is 22.6. The van der Waals surface area contributed by atoms with Crippen LogP contribution in [0.4, 0.5) is 5.69 Å². The lowest BCUT2D eigenvalue weighted by Crippen LogP contribution is -2.42. The SMILES string of the molecule is Cc1ccc(NC(=O)[C@H]2[C@H](C(=O)O)[C@@H](c3ccccc3)C=C[C@H]2c2ccccc2)cc1. The third kappa shape index (κ3) is 4.43. The number of carboxylic acid groups (broad SMARTS) is 1. The summed E-state index contributed by atoms with van der Waals surface area (Å²) in [7, 11) is 0. The zero-order chi connectivity index (χ0) is 21.8. The van der Waals surface area contributed by atoms with Gasteiger partial charge in [0, 0.05) is 17.5 Å². The van der Waals surface area contributed by atoms with Crippen LogP contribution < -0.4 is 5.32 Å². The lowest BCUT2D eigenvalue weighted by Gasteiger charge is -2.37. The Morgan fingerprint density at radius 1 is 0.710 bits per heavy atom. The van der Waals surface area contributed by atoms with E-state index in [9.17, 15) is 14.7 Å². The van der Waals surface area contributed by atoms with E-state index in [1.807, 2.05) is 104 Å². The summed E-state index contributed by atoms with van der Waals surface area (Å²) in [5, 5.41) is 13.2. The Morgan fingerprint density at radius 3 is 1.68 bits per heavy atom. The standard InChI is InChI=1S/C27H25NO3/c1-18-12-14-21(15-13-18)28-26(29)24-22(19-8-4-2-5-9-19)16-17-23(25(24)27(30)31)20-10-6-3-7-11-20/h2-17,22-25H,1H3,(H,28,29)(H,30,31)/t22-,23+,24+,25+/m0/s1. The molecular weight excluding hydrogens is 386 g/mol. The summed E-state index contributed by atoms with van der Waals surface area (Å²) in [6.07, 6.45) is 3.94. The van der Waals surface area contributed by atoms with Gasteiger partial charge >= 0.3 is 5.97 Å². The molecule has 0 spiro atoms. The molecule has 1 aliphatic carbocycles. The zero-order valence-electron chi connectivity index (χ0n) is 17.3. The maximum atomic E-state index is 13.5. The van der Waals surface area contributed by atoms with Crippen LogP contribution in [0.25, 0.3) is 0 Å². The first-order valence-electron chi connectivity index (χ1n) is 10.4. The number of benzene rings is 3. The number of carbonyl (C=O) groups excluding carboxylic acids is 1. The van der Waals surface area contributed by atoms with Gasteiger partial charge in [-0.1, -0.05) is 90.5 Å². The molecule has 3 aromatic carbocycles. The first-order chi connectivity index (χ1) is 15.0. The topological polar surface area (TPSA) is 66.4 Å². The summed E-state index contributed by atoms with van der Waals surface area (Å²) in [4.78, 5) is 26.0. The van der Waals surface area contributed by atoms with Gasteiger partial charge in [0.25, 0.3) is 0 Å². The molecule has 4 rings (SSSR count). The van der Waals surface area contributed by atoms with Gasteiger partial charge in [0.15, 0.2) is 0 Å². The summed E-state index contributed by atoms with van der Waals surface area (Å²) < 4.78 is 0. The molecule has 0 bridgehead atoms. The van der Waals surface area contributed by atoms with Gasteiger partial charge in [-0.05, 0) is 30.2 Å². The summed E-state index contributed by atoms with van der Waals surface area (Å²) in [5.41, 5.74) is 3.58. The van der Waals surface area contributed by atoms with E-state index in [2.05, 4.69) is 5.32 Å². The van der Waals surface area contributed by atoms with Crippen molar-refractivity contribution in [2.75, 3.05) is 5.32 Å². The van der Waals surface area contributed by atoms with E-state index in [0.29, 0.717) is 5.69 Å². The van der Waals surface area contributed by atoms with Crippen LogP contribution in [0, 0.1) is 18.8 Å². The van der Waals surface area contributed by atoms with Crippen molar-refractivity contribution < 1.29 is 14.7 Å². The third-order valence-electron chi connectivity index (χ3n) is 5.96. The van der Waals surface area contributed by atoms with Crippen molar-refractivity contribution in [3.63, 3.8) is 0 Å². The fourth-order valence-corrected chi connectivity index (χ4v) is 4.41. The Morgan fingerprint density at radius 2 is 1.19 bits per heavy atom. The van der Waals surface area contributed by atoms with Gasteiger partial charge in [-0.15, -0.1) is 0 Å². The van der Waals surface area contributed by atoms with Crippen LogP contribution in [0.1, 0.15) is 28.5 Å². The van der Waals surface area contributed by atoms with Gasteiger partial charge in [-0.25, -0.2) is 0 Å². The van der Waals surface area contributed by atoms with E-state index in [1.165, 1.54) is 0 Å². The third-order valence-corrected chi connectivity index (χ3v) is 5.96. The van der Waals surface area contributed by atoms with Gasteiger partial charge in [-0.2, -0.15) is 0 Å². The molecule has 0 aromatic heterocycles. The summed E-state index contributed by atoms with van der Waals surface area (Å²) >= 11 is 0. The van der Waals surface area contributed by atoms with Gasteiger partial charge in [0.1, 0.15) is 0 Å². The van der Waals surface area contributed by atoms with Crippen molar-refractivity contribution in [1.29, 1.82) is 0 Å². The molecule has 1 amide bonds. The summed E-state index contributed by atoms with van der Waals surface area (Å²) in [5.74, 6) is -3.60. The van der Waals surface area contributed by atoms with Crippen molar-refractivity contribution in [3.8, 4) is 0 Å².